The molecule has 1 aliphatic rings. The number of rotatable bonds is 10. The minimum absolute atomic E-state index is 0.147. The third-order valence-electron chi connectivity index (χ3n) is 5.96. The molecule has 0 radical (unpaired) electrons. The first-order valence-electron chi connectivity index (χ1n) is 11.9. The number of carbonyl (C=O) groups is 2. The molecule has 1 aliphatic heterocycles. The van der Waals surface area contributed by atoms with Gasteiger partial charge in [-0.05, 0) is 46.3 Å². The molecule has 3 heterocycles. The van der Waals surface area contributed by atoms with Crippen LogP contribution in [0.25, 0.3) is 10.7 Å². The monoisotopic (exact) mass is 518 g/mol. The highest BCUT2D eigenvalue weighted by Gasteiger charge is 2.30. The summed E-state index contributed by atoms with van der Waals surface area (Å²) in [4.78, 5) is 30.6. The average Bonchev–Trinajstić information content (AvgIpc) is 3.69. The number of carbonyl (C=O) groups excluding carboxylic acids is 2. The summed E-state index contributed by atoms with van der Waals surface area (Å²) in [5.41, 5.74) is 1.80. The number of nitrogens with one attached hydrogen (secondary N) is 1. The third-order valence-corrected chi connectivity index (χ3v) is 6.82. The van der Waals surface area contributed by atoms with E-state index >= 15 is 0 Å². The minimum atomic E-state index is -0.693. The summed E-state index contributed by atoms with van der Waals surface area (Å²) < 4.78 is 10.9. The molecule has 5 rings (SSSR count). The quantitative estimate of drug-likeness (QED) is 0.343. The molecule has 1 N–H and O–H groups in total. The van der Waals surface area contributed by atoms with Crippen LogP contribution in [0.4, 0.5) is 0 Å². The number of benzene rings is 2. The molecule has 0 saturated carbocycles. The Morgan fingerprint density at radius 2 is 1.92 bits per heavy atom. The van der Waals surface area contributed by atoms with E-state index in [1.54, 1.807) is 4.90 Å². The van der Waals surface area contributed by atoms with Gasteiger partial charge >= 0.3 is 0 Å². The standard InChI is InChI=1S/C26H26N6O4S/c1-2-20(26(34)27-14-18-7-4-3-5-8-18)31(15-19-10-11-21-22(13-19)36-17-35-21)24(33)16-32-29-25(28-30-32)23-9-6-12-37-23/h3-13,20H,2,14-17H2,1H3,(H,27,34). The van der Waals surface area contributed by atoms with Crippen LogP contribution in [0.15, 0.2) is 66.0 Å². The van der Waals surface area contributed by atoms with Gasteiger partial charge in [-0.3, -0.25) is 9.59 Å². The summed E-state index contributed by atoms with van der Waals surface area (Å²) in [6, 6.07) is 18.3. The van der Waals surface area contributed by atoms with Crippen LogP contribution in [0, 0.1) is 0 Å². The van der Waals surface area contributed by atoms with E-state index in [4.69, 9.17) is 9.47 Å². The van der Waals surface area contributed by atoms with E-state index in [1.165, 1.54) is 16.1 Å². The van der Waals surface area contributed by atoms with E-state index in [9.17, 15) is 9.59 Å². The van der Waals surface area contributed by atoms with Gasteiger partial charge in [0.05, 0.1) is 4.88 Å². The number of ether oxygens (including phenoxy) is 2. The maximum atomic E-state index is 13.6. The smallest absolute Gasteiger partial charge is 0.247 e. The summed E-state index contributed by atoms with van der Waals surface area (Å²) in [6.45, 7) is 2.47. The van der Waals surface area contributed by atoms with Gasteiger partial charge in [-0.2, -0.15) is 4.80 Å². The van der Waals surface area contributed by atoms with E-state index < -0.39 is 6.04 Å². The molecule has 0 bridgehead atoms. The number of hydrogen-bond donors (Lipinski definition) is 1. The topological polar surface area (TPSA) is 111 Å². The number of fused-ring (bicyclic) bond motifs is 1. The molecule has 190 valence electrons. The van der Waals surface area contributed by atoms with Crippen molar-refractivity contribution in [2.24, 2.45) is 0 Å². The first-order chi connectivity index (χ1) is 18.1. The van der Waals surface area contributed by atoms with Gasteiger partial charge in [-0.15, -0.1) is 21.5 Å². The number of amides is 2. The molecule has 1 unspecified atom stereocenters. The summed E-state index contributed by atoms with van der Waals surface area (Å²) in [5, 5.41) is 17.4. The molecule has 1 atom stereocenters. The fraction of sp³-hybridized carbons (Fsp3) is 0.269. The molecule has 4 aromatic rings. The molecule has 37 heavy (non-hydrogen) atoms. The summed E-state index contributed by atoms with van der Waals surface area (Å²) in [6.07, 6.45) is 0.433. The van der Waals surface area contributed by atoms with Crippen molar-refractivity contribution >= 4 is 23.2 Å². The van der Waals surface area contributed by atoms with Crippen molar-refractivity contribution in [3.8, 4) is 22.2 Å². The fourth-order valence-electron chi connectivity index (χ4n) is 4.08. The van der Waals surface area contributed by atoms with Crippen molar-refractivity contribution in [3.63, 3.8) is 0 Å². The lowest BCUT2D eigenvalue weighted by Gasteiger charge is -2.30. The maximum Gasteiger partial charge on any atom is 0.247 e. The highest BCUT2D eigenvalue weighted by Crippen LogP contribution is 2.33. The van der Waals surface area contributed by atoms with Gasteiger partial charge < -0.3 is 19.7 Å². The highest BCUT2D eigenvalue weighted by molar-refractivity contribution is 7.13. The number of tetrazole rings is 1. The summed E-state index contributed by atoms with van der Waals surface area (Å²) in [5.74, 6) is 1.20. The Kier molecular flexibility index (Phi) is 7.41. The number of nitrogens with zero attached hydrogens (tertiary/aromatic N) is 5. The van der Waals surface area contributed by atoms with Crippen LogP contribution in [0.2, 0.25) is 0 Å². The number of hydrogen-bond acceptors (Lipinski definition) is 8. The lowest BCUT2D eigenvalue weighted by atomic mass is 10.1. The second-order valence-electron chi connectivity index (χ2n) is 8.46. The third kappa shape index (κ3) is 5.78. The SMILES string of the molecule is CCC(C(=O)NCc1ccccc1)N(Cc1ccc2c(c1)OCO2)C(=O)Cn1nnc(-c2cccs2)n1. The zero-order valence-electron chi connectivity index (χ0n) is 20.2. The Labute approximate surface area is 217 Å². The van der Waals surface area contributed by atoms with Gasteiger partial charge in [-0.1, -0.05) is 49.4 Å². The summed E-state index contributed by atoms with van der Waals surface area (Å²) in [7, 11) is 0. The molecule has 0 saturated heterocycles. The van der Waals surface area contributed by atoms with Crippen LogP contribution >= 0.6 is 11.3 Å². The molecule has 10 nitrogen and oxygen atoms in total. The Morgan fingerprint density at radius 3 is 2.70 bits per heavy atom. The molecular weight excluding hydrogens is 492 g/mol. The summed E-state index contributed by atoms with van der Waals surface area (Å²) >= 11 is 1.49. The lowest BCUT2D eigenvalue weighted by Crippen LogP contribution is -2.49. The van der Waals surface area contributed by atoms with E-state index in [1.807, 2.05) is 73.0 Å². The largest absolute Gasteiger partial charge is 0.454 e. The Bertz CT molecular complexity index is 1360. The van der Waals surface area contributed by atoms with Gasteiger partial charge in [0.1, 0.15) is 12.6 Å². The molecule has 0 aliphatic carbocycles. The van der Waals surface area contributed by atoms with Crippen molar-refractivity contribution in [2.45, 2.75) is 39.0 Å². The van der Waals surface area contributed by atoms with Crippen LogP contribution in [-0.4, -0.2) is 49.8 Å². The zero-order valence-corrected chi connectivity index (χ0v) is 21.1. The van der Waals surface area contributed by atoms with Gasteiger partial charge in [-0.25, -0.2) is 0 Å². The van der Waals surface area contributed by atoms with Crippen molar-refractivity contribution in [3.05, 3.63) is 77.2 Å². The normalized spacial score (nSPS) is 12.8. The number of aromatic nitrogens is 4. The second kappa shape index (κ2) is 11.2. The van der Waals surface area contributed by atoms with Crippen molar-refractivity contribution in [1.82, 2.24) is 30.4 Å². The lowest BCUT2D eigenvalue weighted by molar-refractivity contribution is -0.142. The fourth-order valence-corrected chi connectivity index (χ4v) is 4.73. The van der Waals surface area contributed by atoms with Crippen LogP contribution in [0.3, 0.4) is 0 Å². The van der Waals surface area contributed by atoms with E-state index in [-0.39, 0.29) is 31.7 Å². The van der Waals surface area contributed by atoms with Crippen LogP contribution in [-0.2, 0) is 29.2 Å². The molecule has 2 aromatic heterocycles. The van der Waals surface area contributed by atoms with Crippen molar-refractivity contribution < 1.29 is 19.1 Å². The van der Waals surface area contributed by atoms with E-state index in [2.05, 4.69) is 20.7 Å². The molecule has 0 spiro atoms. The van der Waals surface area contributed by atoms with E-state index in [0.29, 0.717) is 30.3 Å². The predicted octanol–water partition coefficient (Wildman–Crippen LogP) is 3.25. The maximum absolute atomic E-state index is 13.6. The first kappa shape index (κ1) is 24.4. The number of thiophene rings is 1. The first-order valence-corrected chi connectivity index (χ1v) is 12.8. The minimum Gasteiger partial charge on any atom is -0.454 e. The van der Waals surface area contributed by atoms with Crippen molar-refractivity contribution in [2.75, 3.05) is 6.79 Å². The molecule has 2 amide bonds. The van der Waals surface area contributed by atoms with Crippen molar-refractivity contribution in [1.29, 1.82) is 0 Å². The van der Waals surface area contributed by atoms with Gasteiger partial charge in [0.25, 0.3) is 0 Å². The second-order valence-corrected chi connectivity index (χ2v) is 9.41. The van der Waals surface area contributed by atoms with Gasteiger partial charge in [0, 0.05) is 13.1 Å². The highest BCUT2D eigenvalue weighted by atomic mass is 32.1. The Hall–Kier alpha value is -4.25. The van der Waals surface area contributed by atoms with Gasteiger partial charge in [0.15, 0.2) is 11.5 Å². The van der Waals surface area contributed by atoms with Crippen LogP contribution < -0.4 is 14.8 Å². The Balaban J connectivity index is 1.35. The van der Waals surface area contributed by atoms with Gasteiger partial charge in [0.2, 0.25) is 24.4 Å². The van der Waals surface area contributed by atoms with Crippen LogP contribution in [0.5, 0.6) is 11.5 Å². The molecular formula is C26H26N6O4S. The molecule has 11 heteroatoms. The Morgan fingerprint density at radius 1 is 1.08 bits per heavy atom. The van der Waals surface area contributed by atoms with E-state index in [0.717, 1.165) is 16.0 Å². The predicted molar refractivity (Wildman–Crippen MR) is 137 cm³/mol. The van der Waals surface area contributed by atoms with Crippen LogP contribution in [0.1, 0.15) is 24.5 Å². The zero-order chi connectivity index (χ0) is 25.6. The molecule has 0 fully saturated rings. The molecule has 2 aromatic carbocycles. The average molecular weight is 519 g/mol.